The van der Waals surface area contributed by atoms with Crippen LogP contribution >= 0.6 is 11.3 Å². The van der Waals surface area contributed by atoms with E-state index in [0.717, 1.165) is 22.5 Å². The van der Waals surface area contributed by atoms with Gasteiger partial charge in [-0.25, -0.2) is 0 Å². The molecule has 3 nitrogen and oxygen atoms in total. The van der Waals surface area contributed by atoms with Gasteiger partial charge in [0.2, 0.25) is 0 Å². The van der Waals surface area contributed by atoms with E-state index in [2.05, 4.69) is 148 Å². The molecule has 0 saturated carbocycles. The van der Waals surface area contributed by atoms with Crippen molar-refractivity contribution in [2.45, 2.75) is 6.67 Å². The number of aromatic nitrogens is 1. The van der Waals surface area contributed by atoms with E-state index in [9.17, 15) is 0 Å². The summed E-state index contributed by atoms with van der Waals surface area (Å²) in [6.45, 7) is 0.605. The van der Waals surface area contributed by atoms with E-state index in [1.807, 2.05) is 24.5 Å². The van der Waals surface area contributed by atoms with Crippen molar-refractivity contribution in [2.75, 3.05) is 7.05 Å². The van der Waals surface area contributed by atoms with Gasteiger partial charge in [-0.05, 0) is 29.3 Å². The van der Waals surface area contributed by atoms with Gasteiger partial charge in [-0.3, -0.25) is 4.99 Å². The van der Waals surface area contributed by atoms with Crippen molar-refractivity contribution in [3.63, 3.8) is 0 Å². The molecule has 0 aliphatic heterocycles. The van der Waals surface area contributed by atoms with Crippen LogP contribution in [0.25, 0.3) is 58.4 Å². The van der Waals surface area contributed by atoms with Crippen LogP contribution in [0.15, 0.2) is 145 Å². The predicted octanol–water partition coefficient (Wildman–Crippen LogP) is 10.0. The molecule has 0 unspecified atom stereocenters. The molecule has 2 heterocycles. The SMILES string of the molecule is CN=C(C=C(NCn1c2ccccc2c2c3c4ccccc4sc3c3ccccc3c21)c1ccccc1)c1ccccc1. The summed E-state index contributed by atoms with van der Waals surface area (Å²) in [5.74, 6) is 0. The molecule has 0 fully saturated rings. The van der Waals surface area contributed by atoms with Gasteiger partial charge >= 0.3 is 0 Å². The highest BCUT2D eigenvalue weighted by molar-refractivity contribution is 7.27. The lowest BCUT2D eigenvalue weighted by Crippen LogP contribution is -2.18. The number of allylic oxidation sites excluding steroid dienone is 1. The van der Waals surface area contributed by atoms with Crippen molar-refractivity contribution in [3.05, 3.63) is 151 Å². The Balaban J connectivity index is 1.37. The third-order valence-corrected chi connectivity index (χ3v) is 9.55. The Kier molecular flexibility index (Phi) is 6.27. The number of nitrogens with one attached hydrogen (secondary N) is 1. The smallest absolute Gasteiger partial charge is 0.0926 e. The Hall–Kier alpha value is -5.19. The van der Waals surface area contributed by atoms with Crippen molar-refractivity contribution < 1.29 is 0 Å². The topological polar surface area (TPSA) is 29.3 Å². The maximum Gasteiger partial charge on any atom is 0.0926 e. The van der Waals surface area contributed by atoms with Crippen LogP contribution in [0.5, 0.6) is 0 Å². The number of fused-ring (bicyclic) bond motifs is 10. The van der Waals surface area contributed by atoms with Crippen LogP contribution in [-0.4, -0.2) is 17.3 Å². The molecule has 8 aromatic rings. The number of hydrogen-bond donors (Lipinski definition) is 1. The van der Waals surface area contributed by atoms with Crippen molar-refractivity contribution in [1.29, 1.82) is 0 Å². The van der Waals surface area contributed by atoms with Gasteiger partial charge in [0.25, 0.3) is 0 Å². The lowest BCUT2D eigenvalue weighted by atomic mass is 10.00. The zero-order chi connectivity index (χ0) is 28.8. The van der Waals surface area contributed by atoms with Crippen LogP contribution in [0, 0.1) is 0 Å². The lowest BCUT2D eigenvalue weighted by molar-refractivity contribution is 0.697. The molecular weight excluding hydrogens is 543 g/mol. The van der Waals surface area contributed by atoms with E-state index in [1.165, 1.54) is 52.8 Å². The van der Waals surface area contributed by atoms with Gasteiger partial charge in [0.05, 0.1) is 23.4 Å². The molecule has 6 aromatic carbocycles. The molecule has 0 amide bonds. The standard InChI is InChI=1S/C39H29N3S/c1-40-32(26-14-4-2-5-15-26)24-33(27-16-6-3-7-17-27)41-25-42-34-22-12-10-20-30(34)36-37-31-21-11-13-23-35(31)43-39(37)29-19-9-8-18-28(29)38(36)42/h2-24,41H,25H2,1H3. The van der Waals surface area contributed by atoms with Gasteiger partial charge in [-0.15, -0.1) is 11.3 Å². The van der Waals surface area contributed by atoms with Gasteiger partial charge in [-0.1, -0.05) is 121 Å². The molecule has 43 heavy (non-hydrogen) atoms. The number of hydrogen-bond acceptors (Lipinski definition) is 3. The molecular formula is C39H29N3S. The Bertz CT molecular complexity index is 2340. The summed E-state index contributed by atoms with van der Waals surface area (Å²) in [5.41, 5.74) is 6.66. The van der Waals surface area contributed by atoms with Crippen LogP contribution < -0.4 is 5.32 Å². The van der Waals surface area contributed by atoms with Gasteiger partial charge < -0.3 is 9.88 Å². The Morgan fingerprint density at radius 1 is 0.651 bits per heavy atom. The number of thiophene rings is 1. The van der Waals surface area contributed by atoms with Gasteiger partial charge in [0.15, 0.2) is 0 Å². The molecule has 0 aliphatic carbocycles. The lowest BCUT2D eigenvalue weighted by Gasteiger charge is -2.16. The highest BCUT2D eigenvalue weighted by Crippen LogP contribution is 2.47. The third kappa shape index (κ3) is 4.22. The fraction of sp³-hybridized carbons (Fsp3) is 0.0513. The van der Waals surface area contributed by atoms with E-state index in [4.69, 9.17) is 0 Å². The summed E-state index contributed by atoms with van der Waals surface area (Å²) < 4.78 is 5.14. The zero-order valence-electron chi connectivity index (χ0n) is 23.8. The van der Waals surface area contributed by atoms with Crippen molar-refractivity contribution in [1.82, 2.24) is 9.88 Å². The van der Waals surface area contributed by atoms with Crippen LogP contribution in [0.2, 0.25) is 0 Å². The van der Waals surface area contributed by atoms with Crippen molar-refractivity contribution in [3.8, 4) is 0 Å². The second-order valence-electron chi connectivity index (χ2n) is 10.8. The average molecular weight is 572 g/mol. The molecule has 0 radical (unpaired) electrons. The summed E-state index contributed by atoms with van der Waals surface area (Å²) in [4.78, 5) is 4.66. The molecule has 0 saturated heterocycles. The summed E-state index contributed by atoms with van der Waals surface area (Å²) >= 11 is 1.90. The predicted molar refractivity (Wildman–Crippen MR) is 186 cm³/mol. The summed E-state index contributed by atoms with van der Waals surface area (Å²) in [7, 11) is 1.86. The average Bonchev–Trinajstić information content (AvgIpc) is 3.62. The summed E-state index contributed by atoms with van der Waals surface area (Å²) in [6, 6.07) is 47.5. The first-order valence-corrected chi connectivity index (χ1v) is 15.4. The molecule has 8 rings (SSSR count). The van der Waals surface area contributed by atoms with Crippen LogP contribution in [0.1, 0.15) is 11.1 Å². The molecule has 0 atom stereocenters. The number of para-hydroxylation sites is 1. The quantitative estimate of drug-likeness (QED) is 0.198. The first-order chi connectivity index (χ1) is 21.3. The number of nitrogens with zero attached hydrogens (tertiary/aromatic N) is 2. The molecule has 0 bridgehead atoms. The van der Waals surface area contributed by atoms with E-state index in [-0.39, 0.29) is 0 Å². The first kappa shape index (κ1) is 25.5. The van der Waals surface area contributed by atoms with Gasteiger partial charge in [0, 0.05) is 54.5 Å². The molecule has 0 aliphatic rings. The van der Waals surface area contributed by atoms with E-state index >= 15 is 0 Å². The molecule has 2 aromatic heterocycles. The highest BCUT2D eigenvalue weighted by atomic mass is 32.1. The van der Waals surface area contributed by atoms with Crippen molar-refractivity contribution in [2.24, 2.45) is 4.99 Å². The van der Waals surface area contributed by atoms with Crippen LogP contribution in [-0.2, 0) is 6.67 Å². The van der Waals surface area contributed by atoms with E-state index in [1.54, 1.807) is 0 Å². The van der Waals surface area contributed by atoms with E-state index < -0.39 is 0 Å². The maximum atomic E-state index is 4.66. The fourth-order valence-electron chi connectivity index (χ4n) is 6.41. The monoisotopic (exact) mass is 571 g/mol. The highest BCUT2D eigenvalue weighted by Gasteiger charge is 2.20. The Morgan fingerprint density at radius 2 is 1.26 bits per heavy atom. The maximum absolute atomic E-state index is 4.66. The number of aliphatic imine (C=N–C) groups is 1. The minimum absolute atomic E-state index is 0.605. The molecule has 0 spiro atoms. The second kappa shape index (κ2) is 10.6. The summed E-state index contributed by atoms with van der Waals surface area (Å²) in [5, 5.41) is 11.7. The molecule has 206 valence electrons. The molecule has 4 heteroatoms. The van der Waals surface area contributed by atoms with Crippen molar-refractivity contribution >= 4 is 75.5 Å². The minimum atomic E-state index is 0.605. The first-order valence-electron chi connectivity index (χ1n) is 14.6. The normalized spacial score (nSPS) is 12.7. The van der Waals surface area contributed by atoms with E-state index in [0.29, 0.717) is 6.67 Å². The summed E-state index contributed by atoms with van der Waals surface area (Å²) in [6.07, 6.45) is 2.17. The van der Waals surface area contributed by atoms with Crippen LogP contribution in [0.3, 0.4) is 0 Å². The van der Waals surface area contributed by atoms with Gasteiger partial charge in [0.1, 0.15) is 0 Å². The third-order valence-electron chi connectivity index (χ3n) is 8.35. The largest absolute Gasteiger partial charge is 0.367 e. The number of rotatable bonds is 6. The van der Waals surface area contributed by atoms with Crippen LogP contribution in [0.4, 0.5) is 0 Å². The Labute approximate surface area is 254 Å². The Morgan fingerprint density at radius 3 is 2.00 bits per heavy atom. The minimum Gasteiger partial charge on any atom is -0.367 e. The fourth-order valence-corrected chi connectivity index (χ4v) is 7.66. The zero-order valence-corrected chi connectivity index (χ0v) is 24.6. The van der Waals surface area contributed by atoms with Gasteiger partial charge in [-0.2, -0.15) is 0 Å². The molecule has 1 N–H and O–H groups in total. The second-order valence-corrected chi connectivity index (χ2v) is 11.8. The number of benzene rings is 6.